The minimum absolute atomic E-state index is 0.0481. The number of carbonyl (C=O) groups is 1. The van der Waals surface area contributed by atoms with Crippen molar-refractivity contribution in [1.29, 1.82) is 0 Å². The molecule has 2 rings (SSSR count). The van der Waals surface area contributed by atoms with Crippen LogP contribution in [0.15, 0.2) is 18.2 Å². The highest BCUT2D eigenvalue weighted by atomic mass is 16.5. The number of benzene rings is 1. The lowest BCUT2D eigenvalue weighted by Crippen LogP contribution is -2.34. The largest absolute Gasteiger partial charge is 0.508 e. The Labute approximate surface area is 118 Å². The van der Waals surface area contributed by atoms with Crippen LogP contribution in [-0.4, -0.2) is 40.8 Å². The smallest absolute Gasteiger partial charge is 0.308 e. The number of rotatable bonds is 4. The van der Waals surface area contributed by atoms with Crippen LogP contribution in [0.4, 0.5) is 0 Å². The van der Waals surface area contributed by atoms with Gasteiger partial charge in [-0.1, -0.05) is 0 Å². The van der Waals surface area contributed by atoms with Crippen LogP contribution >= 0.6 is 0 Å². The number of methoxy groups -OCH3 is 1. The lowest BCUT2D eigenvalue weighted by atomic mass is 10.0. The SMILES string of the molecule is COc1ccc(O)c(C(C)N2CCC(C(=O)O)C2C)c1. The molecule has 2 N–H and O–H groups in total. The van der Waals surface area contributed by atoms with Crippen LogP contribution in [0.2, 0.25) is 0 Å². The van der Waals surface area contributed by atoms with E-state index in [4.69, 9.17) is 4.74 Å². The number of carboxylic acid groups (broad SMARTS) is 1. The second-order valence-electron chi connectivity index (χ2n) is 5.31. The number of phenols is 1. The van der Waals surface area contributed by atoms with Crippen LogP contribution in [0.25, 0.3) is 0 Å². The number of aliphatic carboxylic acids is 1. The van der Waals surface area contributed by atoms with Crippen molar-refractivity contribution in [2.24, 2.45) is 5.92 Å². The Morgan fingerprint density at radius 2 is 2.20 bits per heavy atom. The van der Waals surface area contributed by atoms with Crippen LogP contribution in [0.1, 0.15) is 31.9 Å². The number of phenolic OH excluding ortho intramolecular Hbond substituents is 1. The summed E-state index contributed by atoms with van der Waals surface area (Å²) in [7, 11) is 1.58. The van der Waals surface area contributed by atoms with Gasteiger partial charge in [-0.25, -0.2) is 0 Å². The maximum atomic E-state index is 11.2. The van der Waals surface area contributed by atoms with E-state index in [1.165, 1.54) is 0 Å². The molecule has 1 aliphatic rings. The van der Waals surface area contributed by atoms with Crippen LogP contribution in [0.5, 0.6) is 11.5 Å². The fourth-order valence-corrected chi connectivity index (χ4v) is 3.01. The Morgan fingerprint density at radius 1 is 1.50 bits per heavy atom. The number of hydrogen-bond acceptors (Lipinski definition) is 4. The van der Waals surface area contributed by atoms with E-state index in [0.29, 0.717) is 12.2 Å². The number of ether oxygens (including phenoxy) is 1. The second kappa shape index (κ2) is 5.71. The van der Waals surface area contributed by atoms with Gasteiger partial charge in [-0.2, -0.15) is 0 Å². The molecule has 1 heterocycles. The molecule has 1 saturated heterocycles. The van der Waals surface area contributed by atoms with Crippen LogP contribution in [0.3, 0.4) is 0 Å². The molecule has 0 bridgehead atoms. The third-order valence-electron chi connectivity index (χ3n) is 4.30. The van der Waals surface area contributed by atoms with Gasteiger partial charge in [0.05, 0.1) is 13.0 Å². The van der Waals surface area contributed by atoms with Gasteiger partial charge >= 0.3 is 5.97 Å². The summed E-state index contributed by atoms with van der Waals surface area (Å²) in [5.74, 6) is -0.192. The molecule has 0 spiro atoms. The molecule has 1 aromatic carbocycles. The number of aromatic hydroxyl groups is 1. The monoisotopic (exact) mass is 279 g/mol. The molecule has 0 saturated carbocycles. The lowest BCUT2D eigenvalue weighted by molar-refractivity contribution is -0.142. The highest BCUT2D eigenvalue weighted by molar-refractivity contribution is 5.71. The van der Waals surface area contributed by atoms with E-state index in [1.54, 1.807) is 25.3 Å². The zero-order valence-corrected chi connectivity index (χ0v) is 12.0. The van der Waals surface area contributed by atoms with Crippen molar-refractivity contribution < 1.29 is 19.7 Å². The zero-order valence-electron chi connectivity index (χ0n) is 12.0. The normalized spacial score (nSPS) is 24.6. The molecule has 0 aromatic heterocycles. The average molecular weight is 279 g/mol. The summed E-state index contributed by atoms with van der Waals surface area (Å²) in [4.78, 5) is 13.3. The van der Waals surface area contributed by atoms with E-state index in [9.17, 15) is 15.0 Å². The molecule has 5 nitrogen and oxygen atoms in total. The molecular weight excluding hydrogens is 258 g/mol. The van der Waals surface area contributed by atoms with Crippen molar-refractivity contribution in [2.45, 2.75) is 32.4 Å². The van der Waals surface area contributed by atoms with Gasteiger partial charge in [0.2, 0.25) is 0 Å². The molecule has 3 unspecified atom stereocenters. The van der Waals surface area contributed by atoms with Crippen molar-refractivity contribution in [1.82, 2.24) is 4.90 Å². The van der Waals surface area contributed by atoms with E-state index >= 15 is 0 Å². The Bertz CT molecular complexity index is 503. The summed E-state index contributed by atoms with van der Waals surface area (Å²) >= 11 is 0. The minimum atomic E-state index is -0.748. The maximum absolute atomic E-state index is 11.2. The Kier molecular flexibility index (Phi) is 4.18. The molecule has 20 heavy (non-hydrogen) atoms. The van der Waals surface area contributed by atoms with Gasteiger partial charge in [-0.05, 0) is 45.0 Å². The fraction of sp³-hybridized carbons (Fsp3) is 0.533. The molecule has 5 heteroatoms. The van der Waals surface area contributed by atoms with Crippen LogP contribution < -0.4 is 4.74 Å². The molecule has 0 amide bonds. The Balaban J connectivity index is 2.24. The van der Waals surface area contributed by atoms with Gasteiger partial charge in [0.1, 0.15) is 11.5 Å². The Hall–Kier alpha value is -1.75. The van der Waals surface area contributed by atoms with Crippen molar-refractivity contribution >= 4 is 5.97 Å². The highest BCUT2D eigenvalue weighted by Crippen LogP contribution is 2.37. The summed E-state index contributed by atoms with van der Waals surface area (Å²) in [6.45, 7) is 4.63. The third kappa shape index (κ3) is 2.58. The highest BCUT2D eigenvalue weighted by Gasteiger charge is 2.38. The Morgan fingerprint density at radius 3 is 2.75 bits per heavy atom. The number of nitrogens with zero attached hydrogens (tertiary/aromatic N) is 1. The first-order chi connectivity index (χ1) is 9.45. The van der Waals surface area contributed by atoms with Gasteiger partial charge in [0, 0.05) is 17.6 Å². The summed E-state index contributed by atoms with van der Waals surface area (Å²) in [6.07, 6.45) is 0.644. The topological polar surface area (TPSA) is 70.0 Å². The molecule has 3 atom stereocenters. The minimum Gasteiger partial charge on any atom is -0.508 e. The molecule has 110 valence electrons. The summed E-state index contributed by atoms with van der Waals surface area (Å²) in [5.41, 5.74) is 0.766. The third-order valence-corrected chi connectivity index (χ3v) is 4.30. The van der Waals surface area contributed by atoms with Crippen molar-refractivity contribution in [2.75, 3.05) is 13.7 Å². The first-order valence-electron chi connectivity index (χ1n) is 6.81. The quantitative estimate of drug-likeness (QED) is 0.884. The first kappa shape index (κ1) is 14.7. The summed E-state index contributed by atoms with van der Waals surface area (Å²) < 4.78 is 5.19. The van der Waals surface area contributed by atoms with Gasteiger partial charge in [-0.15, -0.1) is 0 Å². The van der Waals surface area contributed by atoms with E-state index in [2.05, 4.69) is 4.90 Å². The van der Waals surface area contributed by atoms with Crippen molar-refractivity contribution in [3.05, 3.63) is 23.8 Å². The molecule has 1 aliphatic heterocycles. The van der Waals surface area contributed by atoms with Crippen LogP contribution in [0, 0.1) is 5.92 Å². The fourth-order valence-electron chi connectivity index (χ4n) is 3.01. The number of carboxylic acids is 1. The number of hydrogen-bond donors (Lipinski definition) is 2. The predicted molar refractivity (Wildman–Crippen MR) is 75.0 cm³/mol. The van der Waals surface area contributed by atoms with Crippen molar-refractivity contribution in [3.63, 3.8) is 0 Å². The molecule has 1 aromatic rings. The molecule has 0 aliphatic carbocycles. The van der Waals surface area contributed by atoms with E-state index in [0.717, 1.165) is 12.1 Å². The van der Waals surface area contributed by atoms with E-state index < -0.39 is 5.97 Å². The molecule has 0 radical (unpaired) electrons. The maximum Gasteiger partial charge on any atom is 0.308 e. The first-order valence-corrected chi connectivity index (χ1v) is 6.81. The van der Waals surface area contributed by atoms with Gasteiger partial charge in [-0.3, -0.25) is 9.69 Å². The lowest BCUT2D eigenvalue weighted by Gasteiger charge is -2.30. The van der Waals surface area contributed by atoms with E-state index in [1.807, 2.05) is 13.8 Å². The number of likely N-dealkylation sites (tertiary alicyclic amines) is 1. The molecule has 1 fully saturated rings. The average Bonchev–Trinajstić information content (AvgIpc) is 2.80. The summed E-state index contributed by atoms with van der Waals surface area (Å²) in [5, 5.41) is 19.2. The van der Waals surface area contributed by atoms with Gasteiger partial charge < -0.3 is 14.9 Å². The zero-order chi connectivity index (χ0) is 14.9. The van der Waals surface area contributed by atoms with Crippen LogP contribution in [-0.2, 0) is 4.79 Å². The van der Waals surface area contributed by atoms with E-state index in [-0.39, 0.29) is 23.8 Å². The van der Waals surface area contributed by atoms with Gasteiger partial charge in [0.25, 0.3) is 0 Å². The predicted octanol–water partition coefficient (Wildman–Crippen LogP) is 2.26. The second-order valence-corrected chi connectivity index (χ2v) is 5.31. The molecular formula is C15H21NO4. The van der Waals surface area contributed by atoms with Gasteiger partial charge in [0.15, 0.2) is 0 Å². The van der Waals surface area contributed by atoms with Crippen molar-refractivity contribution in [3.8, 4) is 11.5 Å². The summed E-state index contributed by atoms with van der Waals surface area (Å²) in [6, 6.07) is 5.03. The standard InChI is InChI=1S/C15H21NO4/c1-9-12(15(18)19)6-7-16(9)10(2)13-8-11(20-3)4-5-14(13)17/h4-5,8-10,12,17H,6-7H2,1-3H3,(H,18,19).